The number of aliphatic hydroxyl groups is 5. The van der Waals surface area contributed by atoms with E-state index in [1.54, 1.807) is 0 Å². The summed E-state index contributed by atoms with van der Waals surface area (Å²) in [6.45, 7) is 1.56. The number of aliphatic hydroxyl groups excluding tert-OH is 5. The van der Waals surface area contributed by atoms with Gasteiger partial charge < -0.3 is 35.0 Å². The zero-order valence-electron chi connectivity index (χ0n) is 13.1. The van der Waals surface area contributed by atoms with Crippen LogP contribution in [0.1, 0.15) is 26.2 Å². The van der Waals surface area contributed by atoms with Gasteiger partial charge in [0.15, 0.2) is 6.29 Å². The first-order chi connectivity index (χ1) is 11.0. The number of ether oxygens (including phenoxy) is 2. The van der Waals surface area contributed by atoms with E-state index in [4.69, 9.17) is 14.6 Å². The molecule has 5 N–H and O–H groups in total. The first-order valence-electron chi connectivity index (χ1n) is 7.59. The molecule has 6 atom stereocenters. The third kappa shape index (κ3) is 6.46. The van der Waals surface area contributed by atoms with Crippen LogP contribution in [0.5, 0.6) is 0 Å². The highest BCUT2D eigenvalue weighted by Gasteiger charge is 2.43. The van der Waals surface area contributed by atoms with Gasteiger partial charge in [-0.25, -0.2) is 0 Å². The molecule has 1 aliphatic rings. The summed E-state index contributed by atoms with van der Waals surface area (Å²) in [4.78, 5) is 0. The lowest BCUT2D eigenvalue weighted by molar-refractivity contribution is -0.301. The van der Waals surface area contributed by atoms with Crippen LogP contribution in [0.15, 0.2) is 0 Å². The zero-order chi connectivity index (χ0) is 17.2. The lowest BCUT2D eigenvalue weighted by Gasteiger charge is -2.39. The molecule has 1 aliphatic heterocycles. The van der Waals surface area contributed by atoms with Crippen LogP contribution in [0.3, 0.4) is 0 Å². The molecule has 1 saturated heterocycles. The normalized spacial score (nSPS) is 31.5. The Labute approximate surface area is 135 Å². The van der Waals surface area contributed by atoms with Crippen molar-refractivity contribution in [3.05, 3.63) is 0 Å². The van der Waals surface area contributed by atoms with Crippen molar-refractivity contribution >= 4 is 0 Å². The fourth-order valence-electron chi connectivity index (χ4n) is 1.89. The summed E-state index contributed by atoms with van der Waals surface area (Å²) in [5.74, 6) is 10.5. The summed E-state index contributed by atoms with van der Waals surface area (Å²) in [6.07, 6.45) is -5.34. The lowest BCUT2D eigenvalue weighted by atomic mass is 9.99. The SMILES string of the molecule is CC[C@H](O)C#CC#CCCCO[C@@H]1O[C@H](CO)[C@@H](O)[C@H](O)[C@H]1O. The summed E-state index contributed by atoms with van der Waals surface area (Å²) < 4.78 is 10.5. The van der Waals surface area contributed by atoms with Gasteiger partial charge in [-0.15, -0.1) is 0 Å². The van der Waals surface area contributed by atoms with E-state index in [0.29, 0.717) is 19.3 Å². The number of hydrogen-bond acceptors (Lipinski definition) is 7. The quantitative estimate of drug-likeness (QED) is 0.293. The second-order valence-corrected chi connectivity index (χ2v) is 5.17. The van der Waals surface area contributed by atoms with E-state index in [1.165, 1.54) is 0 Å². The second-order valence-electron chi connectivity index (χ2n) is 5.17. The predicted octanol–water partition coefficient (Wildman–Crippen LogP) is -1.64. The highest BCUT2D eigenvalue weighted by Crippen LogP contribution is 2.21. The van der Waals surface area contributed by atoms with Gasteiger partial charge in [0.05, 0.1) is 13.2 Å². The molecule has 23 heavy (non-hydrogen) atoms. The van der Waals surface area contributed by atoms with Crippen molar-refractivity contribution in [2.75, 3.05) is 13.2 Å². The minimum absolute atomic E-state index is 0.225. The van der Waals surface area contributed by atoms with Crippen molar-refractivity contribution < 1.29 is 35.0 Å². The standard InChI is InChI=1S/C16H24O7/c1-2-11(18)8-6-4-3-5-7-9-22-16-15(21)14(20)13(19)12(10-17)23-16/h11-21H,2,5,7,9-10H2,1H3/t11-,12+,13+,14-,15+,16+/m0/s1. The number of hydrogen-bond donors (Lipinski definition) is 5. The van der Waals surface area contributed by atoms with Gasteiger partial charge in [0, 0.05) is 6.42 Å². The van der Waals surface area contributed by atoms with Crippen LogP contribution in [-0.4, -0.2) is 75.6 Å². The third-order valence-electron chi connectivity index (χ3n) is 3.35. The van der Waals surface area contributed by atoms with Crippen molar-refractivity contribution in [2.24, 2.45) is 0 Å². The van der Waals surface area contributed by atoms with Crippen molar-refractivity contribution in [1.29, 1.82) is 0 Å². The molecule has 0 bridgehead atoms. The van der Waals surface area contributed by atoms with Crippen LogP contribution in [0.25, 0.3) is 0 Å². The lowest BCUT2D eigenvalue weighted by Crippen LogP contribution is -2.59. The summed E-state index contributed by atoms with van der Waals surface area (Å²) in [7, 11) is 0. The van der Waals surface area contributed by atoms with Gasteiger partial charge in [0.25, 0.3) is 0 Å². The molecule has 0 spiro atoms. The molecule has 0 amide bonds. The van der Waals surface area contributed by atoms with Gasteiger partial charge in [-0.1, -0.05) is 18.8 Å². The van der Waals surface area contributed by atoms with E-state index < -0.39 is 43.4 Å². The molecular formula is C16H24O7. The Kier molecular flexibility index (Phi) is 9.15. The molecular weight excluding hydrogens is 304 g/mol. The van der Waals surface area contributed by atoms with Crippen LogP contribution in [0.4, 0.5) is 0 Å². The Morgan fingerprint density at radius 1 is 1.13 bits per heavy atom. The molecule has 1 rings (SSSR count). The fourth-order valence-corrected chi connectivity index (χ4v) is 1.89. The molecule has 0 unspecified atom stereocenters. The average molecular weight is 328 g/mol. The van der Waals surface area contributed by atoms with Gasteiger partial charge in [-0.05, 0) is 24.7 Å². The average Bonchev–Trinajstić information content (AvgIpc) is 2.56. The Morgan fingerprint density at radius 3 is 2.52 bits per heavy atom. The van der Waals surface area contributed by atoms with E-state index in [2.05, 4.69) is 23.7 Å². The van der Waals surface area contributed by atoms with Crippen molar-refractivity contribution in [1.82, 2.24) is 0 Å². The maximum atomic E-state index is 9.76. The molecule has 130 valence electrons. The van der Waals surface area contributed by atoms with Crippen LogP contribution >= 0.6 is 0 Å². The van der Waals surface area contributed by atoms with E-state index >= 15 is 0 Å². The summed E-state index contributed by atoms with van der Waals surface area (Å²) >= 11 is 0. The molecule has 1 fully saturated rings. The first-order valence-corrected chi connectivity index (χ1v) is 7.59. The second kappa shape index (κ2) is 10.6. The van der Waals surface area contributed by atoms with Gasteiger partial charge in [0.2, 0.25) is 0 Å². The van der Waals surface area contributed by atoms with Crippen molar-refractivity contribution in [3.63, 3.8) is 0 Å². The molecule has 7 heteroatoms. The monoisotopic (exact) mass is 328 g/mol. The summed E-state index contributed by atoms with van der Waals surface area (Å²) in [5.41, 5.74) is 0. The molecule has 0 aromatic heterocycles. The number of rotatable bonds is 6. The van der Waals surface area contributed by atoms with Crippen molar-refractivity contribution in [3.8, 4) is 23.7 Å². The Morgan fingerprint density at radius 2 is 1.87 bits per heavy atom. The maximum absolute atomic E-state index is 9.76. The van der Waals surface area contributed by atoms with E-state index in [1.807, 2.05) is 6.92 Å². The largest absolute Gasteiger partial charge is 0.394 e. The molecule has 0 aliphatic carbocycles. The van der Waals surface area contributed by atoms with E-state index in [0.717, 1.165) is 0 Å². The first kappa shape index (κ1) is 19.9. The highest BCUT2D eigenvalue weighted by atomic mass is 16.7. The molecule has 0 aromatic carbocycles. The molecule has 0 saturated carbocycles. The van der Waals surface area contributed by atoms with Gasteiger partial charge in [-0.3, -0.25) is 0 Å². The van der Waals surface area contributed by atoms with Crippen LogP contribution in [-0.2, 0) is 9.47 Å². The van der Waals surface area contributed by atoms with E-state index in [9.17, 15) is 20.4 Å². The number of unbranched alkanes of at least 4 members (excludes halogenated alkanes) is 1. The Balaban J connectivity index is 2.30. The highest BCUT2D eigenvalue weighted by molar-refractivity contribution is 5.27. The molecule has 1 heterocycles. The Bertz CT molecular complexity index is 457. The topological polar surface area (TPSA) is 120 Å². The smallest absolute Gasteiger partial charge is 0.186 e. The van der Waals surface area contributed by atoms with Crippen molar-refractivity contribution in [2.45, 2.75) is 63.0 Å². The third-order valence-corrected chi connectivity index (χ3v) is 3.35. The fraction of sp³-hybridized carbons (Fsp3) is 0.750. The van der Waals surface area contributed by atoms with Crippen LogP contribution in [0.2, 0.25) is 0 Å². The Hall–Kier alpha value is -1.16. The van der Waals surface area contributed by atoms with Gasteiger partial charge in [0.1, 0.15) is 30.5 Å². The van der Waals surface area contributed by atoms with Gasteiger partial charge >= 0.3 is 0 Å². The summed E-state index contributed by atoms with van der Waals surface area (Å²) in [5, 5.41) is 47.2. The van der Waals surface area contributed by atoms with Gasteiger partial charge in [-0.2, -0.15) is 0 Å². The van der Waals surface area contributed by atoms with Crippen LogP contribution < -0.4 is 0 Å². The maximum Gasteiger partial charge on any atom is 0.186 e. The van der Waals surface area contributed by atoms with E-state index in [-0.39, 0.29) is 6.61 Å². The molecule has 0 radical (unpaired) electrons. The van der Waals surface area contributed by atoms with Crippen LogP contribution in [0, 0.1) is 23.7 Å². The molecule has 7 nitrogen and oxygen atoms in total. The minimum atomic E-state index is -1.44. The molecule has 0 aromatic rings. The summed E-state index contributed by atoms with van der Waals surface area (Å²) in [6, 6.07) is 0. The minimum Gasteiger partial charge on any atom is -0.394 e. The zero-order valence-corrected chi connectivity index (χ0v) is 13.1. The predicted molar refractivity (Wildman–Crippen MR) is 80.8 cm³/mol.